The van der Waals surface area contributed by atoms with Crippen LogP contribution in [0.15, 0.2) is 18.2 Å². The molecule has 17 heavy (non-hydrogen) atoms. The summed E-state index contributed by atoms with van der Waals surface area (Å²) in [4.78, 5) is 11.5. The first-order valence-corrected chi connectivity index (χ1v) is 5.32. The highest BCUT2D eigenvalue weighted by Crippen LogP contribution is 2.14. The predicted molar refractivity (Wildman–Crippen MR) is 62.9 cm³/mol. The summed E-state index contributed by atoms with van der Waals surface area (Å²) in [7, 11) is 0. The van der Waals surface area contributed by atoms with Gasteiger partial charge in [-0.3, -0.25) is 4.79 Å². The van der Waals surface area contributed by atoms with Gasteiger partial charge in [-0.05, 0) is 32.0 Å². The maximum Gasteiger partial charge on any atom is 0.242 e. The number of carbonyl (C=O) groups excluding carboxylic acids is 1. The topological polar surface area (TPSA) is 64.9 Å². The molecule has 0 aromatic heterocycles. The first-order valence-electron chi connectivity index (χ1n) is 5.32. The quantitative estimate of drug-likeness (QED) is 0.833. The largest absolute Gasteiger partial charge is 0.374 e. The van der Waals surface area contributed by atoms with E-state index in [0.717, 1.165) is 0 Å². The molecule has 1 aromatic rings. The first kappa shape index (κ1) is 13.0. The van der Waals surface area contributed by atoms with Crippen molar-refractivity contribution in [1.82, 2.24) is 5.32 Å². The van der Waals surface area contributed by atoms with Gasteiger partial charge in [-0.25, -0.2) is 4.39 Å². The molecule has 0 aliphatic carbocycles. The number of nitrogens with zero attached hydrogens (tertiary/aromatic N) is 1. The van der Waals surface area contributed by atoms with Crippen molar-refractivity contribution in [2.24, 2.45) is 0 Å². The number of hydrogen-bond donors (Lipinski definition) is 2. The van der Waals surface area contributed by atoms with Gasteiger partial charge in [-0.15, -0.1) is 0 Å². The molecule has 0 radical (unpaired) electrons. The Bertz CT molecular complexity index is 454. The molecule has 0 heterocycles. The number of nitrogens with one attached hydrogen (secondary N) is 2. The van der Waals surface area contributed by atoms with E-state index in [1.54, 1.807) is 13.0 Å². The third-order valence-electron chi connectivity index (χ3n) is 2.21. The summed E-state index contributed by atoms with van der Waals surface area (Å²) in [6, 6.07) is 5.38. The van der Waals surface area contributed by atoms with E-state index in [4.69, 9.17) is 5.26 Å². The Kier molecular flexibility index (Phi) is 4.46. The third kappa shape index (κ3) is 3.45. The number of halogens is 1. The number of carbonyl (C=O) groups is 1. The van der Waals surface area contributed by atoms with Gasteiger partial charge < -0.3 is 10.6 Å². The lowest BCUT2D eigenvalue weighted by Gasteiger charge is -2.14. The van der Waals surface area contributed by atoms with Gasteiger partial charge in [-0.1, -0.05) is 0 Å². The van der Waals surface area contributed by atoms with Crippen LogP contribution in [0.4, 0.5) is 10.1 Å². The fourth-order valence-electron chi connectivity index (χ4n) is 1.34. The molecule has 90 valence electrons. The lowest BCUT2D eigenvalue weighted by atomic mass is 10.2. The minimum atomic E-state index is -0.566. The summed E-state index contributed by atoms with van der Waals surface area (Å²) in [6.07, 6.45) is 0. The molecule has 0 saturated heterocycles. The fraction of sp³-hybridized carbons (Fsp3) is 0.333. The van der Waals surface area contributed by atoms with Crippen LogP contribution in [0.5, 0.6) is 0 Å². The lowest BCUT2D eigenvalue weighted by Crippen LogP contribution is -2.37. The maximum absolute atomic E-state index is 13.1. The molecule has 1 aromatic carbocycles. The molecule has 1 amide bonds. The highest BCUT2D eigenvalue weighted by molar-refractivity contribution is 5.84. The van der Waals surface area contributed by atoms with Gasteiger partial charge in [-0.2, -0.15) is 5.26 Å². The summed E-state index contributed by atoms with van der Waals surface area (Å²) in [5.74, 6) is -0.709. The van der Waals surface area contributed by atoms with Crippen molar-refractivity contribution in [3.63, 3.8) is 0 Å². The number of amides is 1. The predicted octanol–water partition coefficient (Wildman–Crippen LogP) is 1.63. The van der Waals surface area contributed by atoms with E-state index >= 15 is 0 Å². The van der Waals surface area contributed by atoms with E-state index in [1.807, 2.05) is 6.92 Å². The monoisotopic (exact) mass is 235 g/mol. The average Bonchev–Trinajstić information content (AvgIpc) is 2.31. The van der Waals surface area contributed by atoms with Crippen molar-refractivity contribution < 1.29 is 9.18 Å². The SMILES string of the molecule is CCNC(=O)C(C)Nc1ccc(F)c(C#N)c1. The molecule has 5 heteroatoms. The van der Waals surface area contributed by atoms with Crippen LogP contribution in [0.25, 0.3) is 0 Å². The van der Waals surface area contributed by atoms with Gasteiger partial charge in [0.05, 0.1) is 5.56 Å². The molecule has 4 nitrogen and oxygen atoms in total. The van der Waals surface area contributed by atoms with E-state index in [2.05, 4.69) is 10.6 Å². The van der Waals surface area contributed by atoms with Gasteiger partial charge in [0, 0.05) is 12.2 Å². The summed E-state index contributed by atoms with van der Waals surface area (Å²) < 4.78 is 13.1. The number of hydrogen-bond acceptors (Lipinski definition) is 3. The first-order chi connectivity index (χ1) is 8.08. The van der Waals surface area contributed by atoms with Gasteiger partial charge in [0.15, 0.2) is 0 Å². The molecule has 0 fully saturated rings. The highest BCUT2D eigenvalue weighted by atomic mass is 19.1. The van der Waals surface area contributed by atoms with E-state index < -0.39 is 11.9 Å². The Morgan fingerprint density at radius 3 is 2.88 bits per heavy atom. The van der Waals surface area contributed by atoms with E-state index in [9.17, 15) is 9.18 Å². The molecule has 2 N–H and O–H groups in total. The van der Waals surface area contributed by atoms with Crippen molar-refractivity contribution in [3.05, 3.63) is 29.6 Å². The zero-order valence-corrected chi connectivity index (χ0v) is 9.75. The fourth-order valence-corrected chi connectivity index (χ4v) is 1.34. The van der Waals surface area contributed by atoms with Gasteiger partial charge >= 0.3 is 0 Å². The van der Waals surface area contributed by atoms with Crippen LogP contribution in [-0.2, 0) is 4.79 Å². The normalized spacial score (nSPS) is 11.4. The van der Waals surface area contributed by atoms with Crippen molar-refractivity contribution in [1.29, 1.82) is 5.26 Å². The Balaban J connectivity index is 2.76. The van der Waals surface area contributed by atoms with Crippen LogP contribution >= 0.6 is 0 Å². The van der Waals surface area contributed by atoms with E-state index in [0.29, 0.717) is 12.2 Å². The smallest absolute Gasteiger partial charge is 0.242 e. The molecule has 0 saturated carbocycles. The van der Waals surface area contributed by atoms with Gasteiger partial charge in [0.2, 0.25) is 5.91 Å². The van der Waals surface area contributed by atoms with E-state index in [1.165, 1.54) is 18.2 Å². The van der Waals surface area contributed by atoms with Crippen LogP contribution in [0.2, 0.25) is 0 Å². The van der Waals surface area contributed by atoms with Gasteiger partial charge in [0.1, 0.15) is 17.9 Å². The molecule has 1 unspecified atom stereocenters. The molecule has 1 atom stereocenters. The van der Waals surface area contributed by atoms with Gasteiger partial charge in [0.25, 0.3) is 0 Å². The number of nitriles is 1. The molecule has 0 aliphatic rings. The second-order valence-corrected chi connectivity index (χ2v) is 3.57. The van der Waals surface area contributed by atoms with Crippen LogP contribution in [-0.4, -0.2) is 18.5 Å². The zero-order valence-electron chi connectivity index (χ0n) is 9.75. The van der Waals surface area contributed by atoms with Crippen molar-refractivity contribution >= 4 is 11.6 Å². The second-order valence-electron chi connectivity index (χ2n) is 3.57. The van der Waals surface area contributed by atoms with Crippen LogP contribution in [0, 0.1) is 17.1 Å². The van der Waals surface area contributed by atoms with Crippen LogP contribution in [0.3, 0.4) is 0 Å². The number of benzene rings is 1. The molecular weight excluding hydrogens is 221 g/mol. The maximum atomic E-state index is 13.1. The average molecular weight is 235 g/mol. The minimum absolute atomic E-state index is 0.0434. The highest BCUT2D eigenvalue weighted by Gasteiger charge is 2.12. The molecule has 0 aliphatic heterocycles. The second kappa shape index (κ2) is 5.85. The number of anilines is 1. The van der Waals surface area contributed by atoms with E-state index in [-0.39, 0.29) is 11.5 Å². The molecule has 0 spiro atoms. The third-order valence-corrected chi connectivity index (χ3v) is 2.21. The van der Waals surface area contributed by atoms with Crippen molar-refractivity contribution in [2.45, 2.75) is 19.9 Å². The molecule has 1 rings (SSSR count). The molecule has 0 bridgehead atoms. The summed E-state index contributed by atoms with van der Waals surface area (Å²) in [5, 5.41) is 14.2. The Labute approximate surface area is 99.4 Å². The summed E-state index contributed by atoms with van der Waals surface area (Å²) in [6.45, 7) is 4.08. The summed E-state index contributed by atoms with van der Waals surface area (Å²) >= 11 is 0. The Hall–Kier alpha value is -2.09. The molecular formula is C12H14FN3O. The minimum Gasteiger partial charge on any atom is -0.374 e. The number of likely N-dealkylation sites (N-methyl/N-ethyl adjacent to an activating group) is 1. The van der Waals surface area contributed by atoms with Crippen molar-refractivity contribution in [2.75, 3.05) is 11.9 Å². The Morgan fingerprint density at radius 2 is 2.29 bits per heavy atom. The Morgan fingerprint density at radius 1 is 1.59 bits per heavy atom. The summed E-state index contributed by atoms with van der Waals surface area (Å²) in [5.41, 5.74) is 0.500. The lowest BCUT2D eigenvalue weighted by molar-refractivity contribution is -0.121. The van der Waals surface area contributed by atoms with Crippen LogP contribution in [0.1, 0.15) is 19.4 Å². The number of rotatable bonds is 4. The van der Waals surface area contributed by atoms with Crippen LogP contribution < -0.4 is 10.6 Å². The standard InChI is InChI=1S/C12H14FN3O/c1-3-15-12(17)8(2)16-10-4-5-11(13)9(6-10)7-14/h4-6,8,16H,3H2,1-2H3,(H,15,17). The van der Waals surface area contributed by atoms with Crippen molar-refractivity contribution in [3.8, 4) is 6.07 Å². The zero-order chi connectivity index (χ0) is 12.8.